The Morgan fingerprint density at radius 2 is 1.52 bits per heavy atom. The molecule has 10 heteroatoms. The highest BCUT2D eigenvalue weighted by molar-refractivity contribution is 5.85. The minimum absolute atomic E-state index is 0. The molecule has 0 spiro atoms. The van der Waals surface area contributed by atoms with Crippen LogP contribution in [0.25, 0.3) is 0 Å². The van der Waals surface area contributed by atoms with Crippen molar-refractivity contribution in [1.82, 2.24) is 10.2 Å². The maximum Gasteiger partial charge on any atom is 0.389 e. The molecule has 1 aliphatic heterocycles. The Labute approximate surface area is 170 Å². The molecule has 27 heavy (non-hydrogen) atoms. The van der Waals surface area contributed by atoms with E-state index in [1.54, 1.807) is 12.1 Å². The highest BCUT2D eigenvalue weighted by Crippen LogP contribution is 2.43. The van der Waals surface area contributed by atoms with Gasteiger partial charge in [0.1, 0.15) is 17.2 Å². The zero-order valence-electron chi connectivity index (χ0n) is 15.6. The van der Waals surface area contributed by atoms with Gasteiger partial charge >= 0.3 is 6.18 Å². The van der Waals surface area contributed by atoms with Gasteiger partial charge in [0.2, 0.25) is 0 Å². The Kier molecular flexibility index (Phi) is 11.2. The summed E-state index contributed by atoms with van der Waals surface area (Å²) in [5, 5.41) is 3.22. The summed E-state index contributed by atoms with van der Waals surface area (Å²) in [6.45, 7) is 2.81. The lowest BCUT2D eigenvalue weighted by Crippen LogP contribution is -2.45. The van der Waals surface area contributed by atoms with Gasteiger partial charge < -0.3 is 19.5 Å². The van der Waals surface area contributed by atoms with Gasteiger partial charge in [0.15, 0.2) is 0 Å². The number of rotatable bonds is 7. The van der Waals surface area contributed by atoms with Crippen molar-refractivity contribution in [2.45, 2.75) is 25.1 Å². The second kappa shape index (κ2) is 11.7. The molecule has 1 aromatic rings. The SMILES string of the molecule is COc1cc(OC)c([C@H](CCC(F)(F)F)N2CCNCC2)c(OC)c1.Cl.Cl. The van der Waals surface area contributed by atoms with Crippen LogP contribution in [0.5, 0.6) is 17.2 Å². The molecule has 1 aliphatic rings. The molecular formula is C17H27Cl2F3N2O3. The molecule has 5 nitrogen and oxygen atoms in total. The van der Waals surface area contributed by atoms with E-state index < -0.39 is 18.6 Å². The summed E-state index contributed by atoms with van der Waals surface area (Å²) >= 11 is 0. The van der Waals surface area contributed by atoms with Gasteiger partial charge in [0.05, 0.1) is 26.9 Å². The minimum Gasteiger partial charge on any atom is -0.496 e. The average molecular weight is 435 g/mol. The quantitative estimate of drug-likeness (QED) is 0.705. The number of ether oxygens (including phenoxy) is 3. The van der Waals surface area contributed by atoms with E-state index in [4.69, 9.17) is 14.2 Å². The third-order valence-corrected chi connectivity index (χ3v) is 4.38. The molecule has 0 unspecified atom stereocenters. The van der Waals surface area contributed by atoms with E-state index in [1.807, 2.05) is 0 Å². The first kappa shape index (κ1) is 25.9. The molecule has 1 fully saturated rings. The Morgan fingerprint density at radius 3 is 1.93 bits per heavy atom. The largest absolute Gasteiger partial charge is 0.496 e. The smallest absolute Gasteiger partial charge is 0.389 e. The lowest BCUT2D eigenvalue weighted by Gasteiger charge is -2.36. The molecule has 1 N–H and O–H groups in total. The third-order valence-electron chi connectivity index (χ3n) is 4.38. The van der Waals surface area contributed by atoms with Crippen molar-refractivity contribution in [2.75, 3.05) is 47.5 Å². The van der Waals surface area contributed by atoms with Gasteiger partial charge in [-0.3, -0.25) is 4.90 Å². The second-order valence-electron chi connectivity index (χ2n) is 5.90. The Morgan fingerprint density at radius 1 is 1.00 bits per heavy atom. The molecule has 0 aromatic heterocycles. The summed E-state index contributed by atoms with van der Waals surface area (Å²) in [6, 6.07) is 2.92. The van der Waals surface area contributed by atoms with Crippen LogP contribution in [-0.2, 0) is 0 Å². The van der Waals surface area contributed by atoms with Crippen molar-refractivity contribution >= 4 is 24.8 Å². The van der Waals surface area contributed by atoms with Gasteiger partial charge in [-0.25, -0.2) is 0 Å². The first-order valence-electron chi connectivity index (χ1n) is 8.21. The number of hydrogen-bond donors (Lipinski definition) is 1. The van der Waals surface area contributed by atoms with Crippen LogP contribution in [0.1, 0.15) is 24.4 Å². The lowest BCUT2D eigenvalue weighted by molar-refractivity contribution is -0.138. The van der Waals surface area contributed by atoms with Crippen molar-refractivity contribution in [3.8, 4) is 17.2 Å². The zero-order chi connectivity index (χ0) is 18.4. The number of hydrogen-bond acceptors (Lipinski definition) is 5. The summed E-state index contributed by atoms with van der Waals surface area (Å²) in [5.74, 6) is 1.48. The van der Waals surface area contributed by atoms with Crippen LogP contribution in [0, 0.1) is 0 Å². The summed E-state index contributed by atoms with van der Waals surface area (Å²) in [7, 11) is 4.51. The molecular weight excluding hydrogens is 408 g/mol. The summed E-state index contributed by atoms with van der Waals surface area (Å²) in [4.78, 5) is 2.05. The molecule has 1 heterocycles. The van der Waals surface area contributed by atoms with Crippen molar-refractivity contribution in [3.63, 3.8) is 0 Å². The Bertz CT molecular complexity index is 546. The minimum atomic E-state index is -4.21. The number of nitrogens with one attached hydrogen (secondary N) is 1. The maximum absolute atomic E-state index is 12.9. The second-order valence-corrected chi connectivity index (χ2v) is 5.90. The predicted octanol–water partition coefficient (Wildman–Crippen LogP) is 3.84. The van der Waals surface area contributed by atoms with Gasteiger partial charge in [-0.1, -0.05) is 0 Å². The fraction of sp³-hybridized carbons (Fsp3) is 0.647. The van der Waals surface area contributed by atoms with Crippen LogP contribution in [0.4, 0.5) is 13.2 Å². The summed E-state index contributed by atoms with van der Waals surface area (Å²) in [6.07, 6.45) is -5.12. The summed E-state index contributed by atoms with van der Waals surface area (Å²) < 4.78 is 54.7. The highest BCUT2D eigenvalue weighted by Gasteiger charge is 2.34. The molecule has 0 amide bonds. The van der Waals surface area contributed by atoms with E-state index in [2.05, 4.69) is 10.2 Å². The number of nitrogens with zero attached hydrogens (tertiary/aromatic N) is 1. The number of methoxy groups -OCH3 is 3. The van der Waals surface area contributed by atoms with E-state index in [1.165, 1.54) is 21.3 Å². The zero-order valence-corrected chi connectivity index (χ0v) is 17.2. The molecule has 1 saturated heterocycles. The van der Waals surface area contributed by atoms with Gasteiger partial charge in [-0.2, -0.15) is 13.2 Å². The molecule has 0 radical (unpaired) electrons. The van der Waals surface area contributed by atoms with Gasteiger partial charge in [0.25, 0.3) is 0 Å². The lowest BCUT2D eigenvalue weighted by atomic mass is 9.96. The van der Waals surface area contributed by atoms with E-state index in [0.717, 1.165) is 13.1 Å². The molecule has 0 saturated carbocycles. The fourth-order valence-corrected chi connectivity index (χ4v) is 3.16. The van der Waals surface area contributed by atoms with E-state index >= 15 is 0 Å². The molecule has 158 valence electrons. The number of piperazine rings is 1. The average Bonchev–Trinajstić information content (AvgIpc) is 2.61. The van der Waals surface area contributed by atoms with Crippen molar-refractivity contribution in [1.29, 1.82) is 0 Å². The first-order valence-corrected chi connectivity index (χ1v) is 8.21. The van der Waals surface area contributed by atoms with Crippen LogP contribution in [0.3, 0.4) is 0 Å². The third kappa shape index (κ3) is 7.10. The fourth-order valence-electron chi connectivity index (χ4n) is 3.16. The monoisotopic (exact) mass is 434 g/mol. The highest BCUT2D eigenvalue weighted by atomic mass is 35.5. The Balaban J connectivity index is 0.00000338. The van der Waals surface area contributed by atoms with Crippen LogP contribution in [0.15, 0.2) is 12.1 Å². The van der Waals surface area contributed by atoms with Gasteiger partial charge in [-0.05, 0) is 6.42 Å². The molecule has 1 aromatic carbocycles. The van der Waals surface area contributed by atoms with Gasteiger partial charge in [0, 0.05) is 50.8 Å². The normalized spacial score (nSPS) is 15.9. The predicted molar refractivity (Wildman–Crippen MR) is 103 cm³/mol. The van der Waals surface area contributed by atoms with Crippen LogP contribution in [-0.4, -0.2) is 58.6 Å². The molecule has 1 atom stereocenters. The van der Waals surface area contributed by atoms with Gasteiger partial charge in [-0.15, -0.1) is 24.8 Å². The van der Waals surface area contributed by atoms with E-state index in [0.29, 0.717) is 35.9 Å². The number of halogens is 5. The van der Waals surface area contributed by atoms with Crippen molar-refractivity contribution < 1.29 is 27.4 Å². The first-order chi connectivity index (χ1) is 11.9. The Hall–Kier alpha value is -1.09. The standard InChI is InChI=1S/C17H25F3N2O3.2ClH/c1-23-12-10-14(24-2)16(15(11-12)25-3)13(4-5-17(18,19)20)22-8-6-21-7-9-22;;/h10-11,13,21H,4-9H2,1-3H3;2*1H/t13-;;/m0../s1. The summed E-state index contributed by atoms with van der Waals surface area (Å²) in [5.41, 5.74) is 0.636. The topological polar surface area (TPSA) is 43.0 Å². The van der Waals surface area contributed by atoms with E-state index in [-0.39, 0.29) is 31.2 Å². The maximum atomic E-state index is 12.9. The van der Waals surface area contributed by atoms with Crippen molar-refractivity contribution in [2.24, 2.45) is 0 Å². The van der Waals surface area contributed by atoms with Crippen molar-refractivity contribution in [3.05, 3.63) is 17.7 Å². The molecule has 0 aliphatic carbocycles. The van der Waals surface area contributed by atoms with Crippen LogP contribution in [0.2, 0.25) is 0 Å². The van der Waals surface area contributed by atoms with E-state index in [9.17, 15) is 13.2 Å². The number of benzene rings is 1. The number of alkyl halides is 3. The van der Waals surface area contributed by atoms with Crippen LogP contribution >= 0.6 is 24.8 Å². The molecule has 2 rings (SSSR count). The van der Waals surface area contributed by atoms with Crippen LogP contribution < -0.4 is 19.5 Å². The molecule has 0 bridgehead atoms.